The average molecular weight is 314 g/mol. The number of rotatable bonds is 6. The quantitative estimate of drug-likeness (QED) is 0.885. The van der Waals surface area contributed by atoms with Gasteiger partial charge in [-0.15, -0.1) is 0 Å². The Morgan fingerprint density at radius 2 is 2.09 bits per heavy atom. The Morgan fingerprint density at radius 3 is 2.78 bits per heavy atom. The van der Waals surface area contributed by atoms with Crippen molar-refractivity contribution in [3.8, 4) is 0 Å². The van der Waals surface area contributed by atoms with E-state index in [2.05, 4.69) is 27.5 Å². The molecule has 0 spiro atoms. The summed E-state index contributed by atoms with van der Waals surface area (Å²) >= 11 is 0. The molecule has 23 heavy (non-hydrogen) atoms. The van der Waals surface area contributed by atoms with Gasteiger partial charge in [-0.05, 0) is 24.8 Å². The van der Waals surface area contributed by atoms with Gasteiger partial charge < -0.3 is 10.1 Å². The molecule has 1 atom stereocenters. The molecule has 1 aromatic heterocycles. The maximum Gasteiger partial charge on any atom is 0.223 e. The van der Waals surface area contributed by atoms with Crippen LogP contribution in [0.2, 0.25) is 0 Å². The molecule has 0 aliphatic carbocycles. The Morgan fingerprint density at radius 1 is 1.30 bits per heavy atom. The Kier molecular flexibility index (Phi) is 5.37. The average Bonchev–Trinajstić information content (AvgIpc) is 3.13. The number of nitrogens with zero attached hydrogens (tertiary/aromatic N) is 3. The van der Waals surface area contributed by atoms with Crippen LogP contribution in [0.4, 0.5) is 0 Å². The summed E-state index contributed by atoms with van der Waals surface area (Å²) in [7, 11) is 0. The first-order valence-electron chi connectivity index (χ1n) is 8.08. The zero-order chi connectivity index (χ0) is 15.9. The molecule has 1 amide bonds. The highest BCUT2D eigenvalue weighted by Gasteiger charge is 2.24. The van der Waals surface area contributed by atoms with Gasteiger partial charge in [-0.2, -0.15) is 5.10 Å². The van der Waals surface area contributed by atoms with Crippen molar-refractivity contribution >= 4 is 5.91 Å². The van der Waals surface area contributed by atoms with E-state index in [9.17, 15) is 4.79 Å². The maximum absolute atomic E-state index is 12.5. The number of benzene rings is 1. The molecule has 0 saturated carbocycles. The zero-order valence-electron chi connectivity index (χ0n) is 13.1. The molecule has 2 aromatic rings. The van der Waals surface area contributed by atoms with Gasteiger partial charge in [0, 0.05) is 25.7 Å². The van der Waals surface area contributed by atoms with E-state index in [1.54, 1.807) is 11.0 Å². The number of hydrogen-bond donors (Lipinski definition) is 1. The van der Waals surface area contributed by atoms with E-state index >= 15 is 0 Å². The summed E-state index contributed by atoms with van der Waals surface area (Å²) in [6.07, 6.45) is 5.61. The van der Waals surface area contributed by atoms with Gasteiger partial charge in [0.15, 0.2) is 0 Å². The van der Waals surface area contributed by atoms with Crippen LogP contribution >= 0.6 is 0 Å². The minimum Gasteiger partial charge on any atom is -0.381 e. The summed E-state index contributed by atoms with van der Waals surface area (Å²) < 4.78 is 7.13. The molecule has 1 fully saturated rings. The monoisotopic (exact) mass is 314 g/mol. The molecule has 1 aromatic carbocycles. The normalized spacial score (nSPS) is 16.9. The SMILES string of the molecule is O=C(NC(CCn1cncn1)c1ccccc1)C1CCOCC1. The Labute approximate surface area is 135 Å². The predicted octanol–water partition coefficient (Wildman–Crippen LogP) is 1.95. The van der Waals surface area contributed by atoms with E-state index in [4.69, 9.17) is 4.74 Å². The van der Waals surface area contributed by atoms with Crippen molar-refractivity contribution in [2.75, 3.05) is 13.2 Å². The van der Waals surface area contributed by atoms with Gasteiger partial charge in [0.25, 0.3) is 0 Å². The standard InChI is InChI=1S/C17H22N4O2/c22-17(15-7-10-23-11-8-15)20-16(14-4-2-1-3-5-14)6-9-21-13-18-12-19-21/h1-5,12-13,15-16H,6-11H2,(H,20,22). The fourth-order valence-corrected chi connectivity index (χ4v) is 2.87. The second-order valence-electron chi connectivity index (χ2n) is 5.81. The molecule has 122 valence electrons. The number of amides is 1. The number of carbonyl (C=O) groups excluding carboxylic acids is 1. The van der Waals surface area contributed by atoms with Crippen molar-refractivity contribution in [1.29, 1.82) is 0 Å². The molecule has 1 saturated heterocycles. The lowest BCUT2D eigenvalue weighted by atomic mass is 9.97. The van der Waals surface area contributed by atoms with Gasteiger partial charge in [-0.25, -0.2) is 4.98 Å². The summed E-state index contributed by atoms with van der Waals surface area (Å²) in [4.78, 5) is 16.5. The molecule has 1 unspecified atom stereocenters. The zero-order valence-corrected chi connectivity index (χ0v) is 13.1. The molecule has 2 heterocycles. The van der Waals surface area contributed by atoms with E-state index in [1.165, 1.54) is 6.33 Å². The summed E-state index contributed by atoms with van der Waals surface area (Å²) in [6.45, 7) is 2.06. The van der Waals surface area contributed by atoms with Crippen LogP contribution in [0.5, 0.6) is 0 Å². The highest BCUT2D eigenvalue weighted by Crippen LogP contribution is 2.21. The van der Waals surface area contributed by atoms with Gasteiger partial charge in [0.05, 0.1) is 6.04 Å². The van der Waals surface area contributed by atoms with Crippen LogP contribution in [0.1, 0.15) is 30.9 Å². The molecule has 6 heteroatoms. The molecule has 1 aliphatic heterocycles. The van der Waals surface area contributed by atoms with Crippen LogP contribution in [0.25, 0.3) is 0 Å². The molecule has 1 aliphatic rings. The highest BCUT2D eigenvalue weighted by atomic mass is 16.5. The van der Waals surface area contributed by atoms with E-state index in [1.807, 2.05) is 18.2 Å². The highest BCUT2D eigenvalue weighted by molar-refractivity contribution is 5.79. The van der Waals surface area contributed by atoms with Crippen molar-refractivity contribution < 1.29 is 9.53 Å². The lowest BCUT2D eigenvalue weighted by Gasteiger charge is -2.25. The third-order valence-electron chi connectivity index (χ3n) is 4.22. The van der Waals surface area contributed by atoms with Crippen LogP contribution < -0.4 is 5.32 Å². The molecular weight excluding hydrogens is 292 g/mol. The van der Waals surface area contributed by atoms with E-state index in [0.29, 0.717) is 19.8 Å². The molecule has 1 N–H and O–H groups in total. The number of aromatic nitrogens is 3. The van der Waals surface area contributed by atoms with Crippen LogP contribution in [-0.4, -0.2) is 33.9 Å². The molecule has 0 radical (unpaired) electrons. The second-order valence-corrected chi connectivity index (χ2v) is 5.81. The molecule has 6 nitrogen and oxygen atoms in total. The van der Waals surface area contributed by atoms with Crippen molar-refractivity contribution in [3.05, 3.63) is 48.5 Å². The maximum atomic E-state index is 12.5. The van der Waals surface area contributed by atoms with Gasteiger partial charge >= 0.3 is 0 Å². The lowest BCUT2D eigenvalue weighted by Crippen LogP contribution is -2.37. The van der Waals surface area contributed by atoms with E-state index < -0.39 is 0 Å². The first-order chi connectivity index (χ1) is 11.3. The number of aryl methyl sites for hydroxylation is 1. The van der Waals surface area contributed by atoms with Crippen molar-refractivity contribution in [2.24, 2.45) is 5.92 Å². The van der Waals surface area contributed by atoms with Crippen molar-refractivity contribution in [1.82, 2.24) is 20.1 Å². The van der Waals surface area contributed by atoms with Crippen LogP contribution in [0.15, 0.2) is 43.0 Å². The van der Waals surface area contributed by atoms with Gasteiger partial charge in [0.2, 0.25) is 5.91 Å². The van der Waals surface area contributed by atoms with Crippen LogP contribution in [0, 0.1) is 5.92 Å². The minimum absolute atomic E-state index is 0.0178. The van der Waals surface area contributed by atoms with Gasteiger partial charge in [0.1, 0.15) is 12.7 Å². The largest absolute Gasteiger partial charge is 0.381 e. The predicted molar refractivity (Wildman–Crippen MR) is 85.5 cm³/mol. The second kappa shape index (κ2) is 7.87. The first kappa shape index (κ1) is 15.7. The summed E-state index contributed by atoms with van der Waals surface area (Å²) in [5.41, 5.74) is 1.12. The number of nitrogens with one attached hydrogen (secondary N) is 1. The fourth-order valence-electron chi connectivity index (χ4n) is 2.87. The Balaban J connectivity index is 1.65. The van der Waals surface area contributed by atoms with Gasteiger partial charge in [-0.1, -0.05) is 30.3 Å². The number of carbonyl (C=O) groups is 1. The minimum atomic E-state index is -0.0178. The summed E-state index contributed by atoms with van der Waals surface area (Å²) in [5, 5.41) is 7.34. The Hall–Kier alpha value is -2.21. The fraction of sp³-hybridized carbons (Fsp3) is 0.471. The van der Waals surface area contributed by atoms with Crippen molar-refractivity contribution in [2.45, 2.75) is 31.8 Å². The molecule has 3 rings (SSSR count). The van der Waals surface area contributed by atoms with Crippen LogP contribution in [0.3, 0.4) is 0 Å². The third-order valence-corrected chi connectivity index (χ3v) is 4.22. The van der Waals surface area contributed by atoms with E-state index in [-0.39, 0.29) is 17.9 Å². The van der Waals surface area contributed by atoms with E-state index in [0.717, 1.165) is 24.8 Å². The third kappa shape index (κ3) is 4.39. The topological polar surface area (TPSA) is 69.0 Å². The lowest BCUT2D eigenvalue weighted by molar-refractivity contribution is -0.128. The smallest absolute Gasteiger partial charge is 0.223 e. The first-order valence-corrected chi connectivity index (χ1v) is 8.08. The van der Waals surface area contributed by atoms with Crippen LogP contribution in [-0.2, 0) is 16.1 Å². The summed E-state index contributed by atoms with van der Waals surface area (Å²) in [6, 6.07) is 10.1. The van der Waals surface area contributed by atoms with Gasteiger partial charge in [-0.3, -0.25) is 9.48 Å². The Bertz CT molecular complexity index is 594. The summed E-state index contributed by atoms with van der Waals surface area (Å²) in [5.74, 6) is 0.182. The number of ether oxygens (including phenoxy) is 1. The molecular formula is C17H22N4O2. The number of hydrogen-bond acceptors (Lipinski definition) is 4. The molecule has 0 bridgehead atoms. The van der Waals surface area contributed by atoms with Crippen molar-refractivity contribution in [3.63, 3.8) is 0 Å².